The Morgan fingerprint density at radius 2 is 1.86 bits per heavy atom. The van der Waals surface area contributed by atoms with Gasteiger partial charge in [0.25, 0.3) is 0 Å². The molecule has 1 heterocycles. The van der Waals surface area contributed by atoms with Crippen molar-refractivity contribution in [3.63, 3.8) is 0 Å². The van der Waals surface area contributed by atoms with Crippen molar-refractivity contribution in [2.24, 2.45) is 0 Å². The molecule has 0 aromatic heterocycles. The molecule has 1 aliphatic heterocycles. The number of aliphatic hydroxyl groups excluding tert-OH is 1. The Morgan fingerprint density at radius 1 is 1.14 bits per heavy atom. The van der Waals surface area contributed by atoms with E-state index in [9.17, 15) is 13.5 Å². The molecule has 2 atom stereocenters. The minimum Gasteiger partial charge on any atom is -0.388 e. The first-order chi connectivity index (χ1) is 13.5. The third kappa shape index (κ3) is 5.13. The van der Waals surface area contributed by atoms with Crippen LogP contribution in [-0.2, 0) is 21.4 Å². The predicted molar refractivity (Wildman–Crippen MR) is 112 cm³/mol. The third-order valence-corrected chi connectivity index (χ3v) is 6.99. The molecular weight excluding hydrogens is 374 g/mol. The standard InChI is InChI=1S/C22H29NO4S/c1-2-3-9-22(24)19-10-12-20(13-11-19)23-21(14-15-28(23,25)26)17-27-16-18-7-5-4-6-8-18/h4-8,10-13,21-22,24H,2-3,9,14-17H2,1H3. The van der Waals surface area contributed by atoms with Crippen LogP contribution in [0.1, 0.15) is 49.8 Å². The lowest BCUT2D eigenvalue weighted by Gasteiger charge is -2.25. The zero-order valence-corrected chi connectivity index (χ0v) is 17.1. The van der Waals surface area contributed by atoms with Gasteiger partial charge in [-0.3, -0.25) is 4.31 Å². The summed E-state index contributed by atoms with van der Waals surface area (Å²) in [5.41, 5.74) is 2.53. The van der Waals surface area contributed by atoms with E-state index in [-0.39, 0.29) is 11.8 Å². The van der Waals surface area contributed by atoms with Crippen molar-refractivity contribution in [3.8, 4) is 0 Å². The average molecular weight is 404 g/mol. The molecule has 0 saturated carbocycles. The fraction of sp³-hybridized carbons (Fsp3) is 0.455. The van der Waals surface area contributed by atoms with Crippen LogP contribution >= 0.6 is 0 Å². The topological polar surface area (TPSA) is 66.8 Å². The number of aliphatic hydroxyl groups is 1. The summed E-state index contributed by atoms with van der Waals surface area (Å²) in [6.45, 7) is 2.91. The van der Waals surface area contributed by atoms with E-state index in [4.69, 9.17) is 4.74 Å². The first-order valence-electron chi connectivity index (χ1n) is 9.93. The first-order valence-corrected chi connectivity index (χ1v) is 11.5. The van der Waals surface area contributed by atoms with Gasteiger partial charge in [-0.05, 0) is 36.1 Å². The molecule has 2 aromatic carbocycles. The molecule has 0 radical (unpaired) electrons. The second-order valence-corrected chi connectivity index (χ2v) is 9.27. The molecule has 0 bridgehead atoms. The van der Waals surface area contributed by atoms with Crippen molar-refractivity contribution in [1.29, 1.82) is 0 Å². The monoisotopic (exact) mass is 403 g/mol. The van der Waals surface area contributed by atoms with Crippen molar-refractivity contribution in [2.45, 2.75) is 51.4 Å². The van der Waals surface area contributed by atoms with Crippen LogP contribution in [0, 0.1) is 0 Å². The summed E-state index contributed by atoms with van der Waals surface area (Å²) in [7, 11) is -3.34. The number of anilines is 1. The maximum Gasteiger partial charge on any atom is 0.235 e. The highest BCUT2D eigenvalue weighted by Gasteiger charge is 2.37. The zero-order valence-electron chi connectivity index (χ0n) is 16.3. The van der Waals surface area contributed by atoms with Crippen molar-refractivity contribution in [1.82, 2.24) is 0 Å². The SMILES string of the molecule is CCCCC(O)c1ccc(N2C(COCc3ccccc3)CCS2(=O)=O)cc1. The van der Waals surface area contributed by atoms with Crippen LogP contribution in [0.25, 0.3) is 0 Å². The summed E-state index contributed by atoms with van der Waals surface area (Å²) >= 11 is 0. The molecule has 0 aliphatic carbocycles. The van der Waals surface area contributed by atoms with Gasteiger partial charge in [0.1, 0.15) is 0 Å². The molecule has 1 N–H and O–H groups in total. The largest absolute Gasteiger partial charge is 0.388 e. The van der Waals surface area contributed by atoms with E-state index in [0.29, 0.717) is 31.7 Å². The summed E-state index contributed by atoms with van der Waals surface area (Å²) in [5, 5.41) is 10.2. The van der Waals surface area contributed by atoms with E-state index in [1.54, 1.807) is 12.1 Å². The fourth-order valence-electron chi connectivity index (χ4n) is 3.54. The van der Waals surface area contributed by atoms with Crippen molar-refractivity contribution in [3.05, 3.63) is 65.7 Å². The zero-order chi connectivity index (χ0) is 20.0. The molecular formula is C22H29NO4S. The van der Waals surface area contributed by atoms with Gasteiger partial charge in [0, 0.05) is 0 Å². The fourth-order valence-corrected chi connectivity index (χ4v) is 5.37. The van der Waals surface area contributed by atoms with Gasteiger partial charge in [-0.2, -0.15) is 0 Å². The number of rotatable bonds is 9. The molecule has 2 aromatic rings. The van der Waals surface area contributed by atoms with Crippen LogP contribution < -0.4 is 4.31 Å². The molecule has 1 fully saturated rings. The van der Waals surface area contributed by atoms with Gasteiger partial charge in [0.2, 0.25) is 10.0 Å². The van der Waals surface area contributed by atoms with Crippen molar-refractivity contribution < 1.29 is 18.3 Å². The number of benzene rings is 2. The van der Waals surface area contributed by atoms with E-state index in [1.807, 2.05) is 42.5 Å². The van der Waals surface area contributed by atoms with Crippen LogP contribution in [0.15, 0.2) is 54.6 Å². The Kier molecular flexibility index (Phi) is 7.10. The minimum absolute atomic E-state index is 0.132. The van der Waals surface area contributed by atoms with Crippen LogP contribution in [0.4, 0.5) is 5.69 Å². The highest BCUT2D eigenvalue weighted by atomic mass is 32.2. The van der Waals surface area contributed by atoms with E-state index < -0.39 is 16.1 Å². The number of hydrogen-bond acceptors (Lipinski definition) is 4. The predicted octanol–water partition coefficient (Wildman–Crippen LogP) is 4.04. The summed E-state index contributed by atoms with van der Waals surface area (Å²) in [5.74, 6) is 0.132. The highest BCUT2D eigenvalue weighted by molar-refractivity contribution is 7.93. The maximum atomic E-state index is 12.6. The minimum atomic E-state index is -3.34. The lowest BCUT2D eigenvalue weighted by atomic mass is 10.0. The van der Waals surface area contributed by atoms with Gasteiger partial charge >= 0.3 is 0 Å². The number of ether oxygens (including phenoxy) is 1. The van der Waals surface area contributed by atoms with Crippen molar-refractivity contribution in [2.75, 3.05) is 16.7 Å². The van der Waals surface area contributed by atoms with Crippen LogP contribution in [0.3, 0.4) is 0 Å². The normalized spacial score (nSPS) is 19.6. The first kappa shape index (κ1) is 20.8. The number of sulfonamides is 1. The van der Waals surface area contributed by atoms with Gasteiger partial charge in [0.15, 0.2) is 0 Å². The number of unbranched alkanes of at least 4 members (excludes halogenated alkanes) is 1. The van der Waals surface area contributed by atoms with E-state index >= 15 is 0 Å². The highest BCUT2D eigenvalue weighted by Crippen LogP contribution is 2.31. The molecule has 152 valence electrons. The quantitative estimate of drug-likeness (QED) is 0.686. The van der Waals surface area contributed by atoms with Crippen LogP contribution in [-0.4, -0.2) is 31.9 Å². The smallest absolute Gasteiger partial charge is 0.235 e. The lowest BCUT2D eigenvalue weighted by Crippen LogP contribution is -2.36. The van der Waals surface area contributed by atoms with E-state index in [1.165, 1.54) is 4.31 Å². The van der Waals surface area contributed by atoms with Crippen molar-refractivity contribution >= 4 is 15.7 Å². The third-order valence-electron chi connectivity index (χ3n) is 5.13. The van der Waals surface area contributed by atoms with Crippen LogP contribution in [0.5, 0.6) is 0 Å². The maximum absolute atomic E-state index is 12.6. The number of hydrogen-bond donors (Lipinski definition) is 1. The molecule has 0 amide bonds. The van der Waals surface area contributed by atoms with Gasteiger partial charge in [0.05, 0.1) is 36.8 Å². The molecule has 5 nitrogen and oxygen atoms in total. The molecule has 3 rings (SSSR count). The summed E-state index contributed by atoms with van der Waals surface area (Å²) in [6, 6.07) is 16.9. The van der Waals surface area contributed by atoms with Crippen LogP contribution in [0.2, 0.25) is 0 Å². The van der Waals surface area contributed by atoms with E-state index in [0.717, 1.165) is 24.0 Å². The molecule has 1 aliphatic rings. The number of nitrogens with zero attached hydrogens (tertiary/aromatic N) is 1. The summed E-state index contributed by atoms with van der Waals surface area (Å²) < 4.78 is 32.5. The molecule has 28 heavy (non-hydrogen) atoms. The second kappa shape index (κ2) is 9.54. The van der Waals surface area contributed by atoms with Gasteiger partial charge in [-0.25, -0.2) is 8.42 Å². The molecule has 0 spiro atoms. The Balaban J connectivity index is 1.66. The molecule has 1 saturated heterocycles. The van der Waals surface area contributed by atoms with E-state index in [2.05, 4.69) is 6.92 Å². The Bertz CT molecular complexity index is 837. The average Bonchev–Trinajstić information content (AvgIpc) is 3.01. The Morgan fingerprint density at radius 3 is 2.54 bits per heavy atom. The van der Waals surface area contributed by atoms with Gasteiger partial charge < -0.3 is 9.84 Å². The lowest BCUT2D eigenvalue weighted by molar-refractivity contribution is 0.110. The van der Waals surface area contributed by atoms with Gasteiger partial charge in [-0.15, -0.1) is 0 Å². The Hall–Kier alpha value is -1.89. The second-order valence-electron chi connectivity index (χ2n) is 7.30. The summed E-state index contributed by atoms with van der Waals surface area (Å²) in [6.07, 6.45) is 2.76. The van der Waals surface area contributed by atoms with Gasteiger partial charge in [-0.1, -0.05) is 62.2 Å². The Labute approximate surface area is 168 Å². The molecule has 2 unspecified atom stereocenters. The molecule has 6 heteroatoms. The summed E-state index contributed by atoms with van der Waals surface area (Å²) in [4.78, 5) is 0.